The second-order valence-corrected chi connectivity index (χ2v) is 9.07. The zero-order chi connectivity index (χ0) is 20.3. The predicted octanol–water partition coefficient (Wildman–Crippen LogP) is 3.72. The van der Waals surface area contributed by atoms with Crippen LogP contribution >= 0.6 is 11.6 Å². The number of pyridine rings is 2. The minimum atomic E-state index is -4.49. The fraction of sp³-hybridized carbons (Fsp3) is 0.294. The summed E-state index contributed by atoms with van der Waals surface area (Å²) >= 11 is 6.02. The SMILES string of the molecule is CCS(=O)(=O)c1c(N2Cc3cc(C(F)(F)F)cnc3C2)nn2ccc(Cl)cc12. The summed E-state index contributed by atoms with van der Waals surface area (Å²) in [7, 11) is -3.67. The average Bonchev–Trinajstić information content (AvgIpc) is 3.21. The van der Waals surface area contributed by atoms with Crippen molar-refractivity contribution < 1.29 is 21.6 Å². The van der Waals surface area contributed by atoms with Crippen molar-refractivity contribution in [3.05, 3.63) is 52.4 Å². The molecule has 4 heterocycles. The lowest BCUT2D eigenvalue weighted by Crippen LogP contribution is -2.18. The second kappa shape index (κ2) is 6.35. The molecule has 0 N–H and O–H groups in total. The molecular formula is C17H14ClF3N4O2S. The van der Waals surface area contributed by atoms with Gasteiger partial charge in [0.15, 0.2) is 15.7 Å². The van der Waals surface area contributed by atoms with Crippen molar-refractivity contribution in [1.82, 2.24) is 14.6 Å². The predicted molar refractivity (Wildman–Crippen MR) is 97.1 cm³/mol. The van der Waals surface area contributed by atoms with Gasteiger partial charge in [0.05, 0.1) is 29.1 Å². The number of anilines is 1. The van der Waals surface area contributed by atoms with E-state index in [2.05, 4.69) is 10.1 Å². The zero-order valence-electron chi connectivity index (χ0n) is 14.5. The van der Waals surface area contributed by atoms with Crippen molar-refractivity contribution >= 4 is 32.8 Å². The van der Waals surface area contributed by atoms with Crippen molar-refractivity contribution in [1.29, 1.82) is 0 Å². The number of hydrogen-bond acceptors (Lipinski definition) is 5. The Bertz CT molecular complexity index is 1190. The molecule has 0 aliphatic carbocycles. The number of nitrogens with zero attached hydrogens (tertiary/aromatic N) is 4. The molecule has 0 fully saturated rings. The zero-order valence-corrected chi connectivity index (χ0v) is 16.1. The second-order valence-electron chi connectivity index (χ2n) is 6.41. The van der Waals surface area contributed by atoms with Crippen LogP contribution in [-0.2, 0) is 29.1 Å². The van der Waals surface area contributed by atoms with Crippen LogP contribution in [0.3, 0.4) is 0 Å². The summed E-state index contributed by atoms with van der Waals surface area (Å²) in [5.74, 6) is 0.0289. The van der Waals surface area contributed by atoms with Crippen LogP contribution in [0.1, 0.15) is 23.7 Å². The highest BCUT2D eigenvalue weighted by atomic mass is 35.5. The number of sulfone groups is 1. The fourth-order valence-electron chi connectivity index (χ4n) is 3.20. The summed E-state index contributed by atoms with van der Waals surface area (Å²) in [5, 5.41) is 4.71. The largest absolute Gasteiger partial charge is 0.417 e. The molecule has 0 amide bonds. The van der Waals surface area contributed by atoms with Gasteiger partial charge in [-0.3, -0.25) is 4.98 Å². The molecule has 0 aromatic carbocycles. The van der Waals surface area contributed by atoms with E-state index in [4.69, 9.17) is 11.6 Å². The Labute approximate surface area is 163 Å². The first-order valence-electron chi connectivity index (χ1n) is 8.30. The molecule has 0 bridgehead atoms. The van der Waals surface area contributed by atoms with E-state index in [1.54, 1.807) is 17.2 Å². The van der Waals surface area contributed by atoms with Gasteiger partial charge < -0.3 is 4.90 Å². The standard InChI is InChI=1S/C17H14ClF3N4O2S/c1-2-28(26,27)15-14-6-12(18)3-4-25(14)23-16(15)24-8-10-5-11(17(19,20)21)7-22-13(10)9-24/h3-7H,2,8-9H2,1H3. The minimum absolute atomic E-state index is 0.0151. The van der Waals surface area contributed by atoms with E-state index in [1.165, 1.54) is 17.5 Å². The van der Waals surface area contributed by atoms with E-state index in [-0.39, 0.29) is 29.6 Å². The molecular weight excluding hydrogens is 417 g/mol. The molecule has 0 saturated carbocycles. The van der Waals surface area contributed by atoms with Crippen molar-refractivity contribution in [2.75, 3.05) is 10.7 Å². The highest BCUT2D eigenvalue weighted by Crippen LogP contribution is 2.37. The third kappa shape index (κ3) is 3.10. The summed E-state index contributed by atoms with van der Waals surface area (Å²) in [6, 6.07) is 4.12. The Morgan fingerprint density at radius 2 is 2.00 bits per heavy atom. The van der Waals surface area contributed by atoms with Crippen molar-refractivity contribution in [2.45, 2.75) is 31.1 Å². The summed E-state index contributed by atoms with van der Waals surface area (Å²) < 4.78 is 65.8. The van der Waals surface area contributed by atoms with Gasteiger partial charge in [0.1, 0.15) is 4.90 Å². The Kier molecular flexibility index (Phi) is 4.31. The lowest BCUT2D eigenvalue weighted by molar-refractivity contribution is -0.137. The molecule has 3 aromatic rings. The van der Waals surface area contributed by atoms with Gasteiger partial charge in [-0.1, -0.05) is 18.5 Å². The topological polar surface area (TPSA) is 67.6 Å². The maximum absolute atomic E-state index is 13.0. The molecule has 148 valence electrons. The number of hydrogen-bond donors (Lipinski definition) is 0. The van der Waals surface area contributed by atoms with E-state index in [9.17, 15) is 21.6 Å². The van der Waals surface area contributed by atoms with Crippen molar-refractivity contribution in [2.24, 2.45) is 0 Å². The van der Waals surface area contributed by atoms with Gasteiger partial charge in [-0.25, -0.2) is 12.9 Å². The molecule has 0 unspecified atom stereocenters. The maximum Gasteiger partial charge on any atom is 0.417 e. The maximum atomic E-state index is 13.0. The van der Waals surface area contributed by atoms with Crippen molar-refractivity contribution in [3.8, 4) is 0 Å². The Morgan fingerprint density at radius 1 is 1.25 bits per heavy atom. The summed E-state index contributed by atoms with van der Waals surface area (Å²) in [6.07, 6.45) is -2.17. The first-order chi connectivity index (χ1) is 13.1. The third-order valence-electron chi connectivity index (χ3n) is 4.61. The van der Waals surface area contributed by atoms with Crippen LogP contribution < -0.4 is 4.90 Å². The van der Waals surface area contributed by atoms with Crippen LogP contribution in [0.2, 0.25) is 5.02 Å². The summed E-state index contributed by atoms with van der Waals surface area (Å²) in [4.78, 5) is 5.54. The number of aromatic nitrogens is 3. The summed E-state index contributed by atoms with van der Waals surface area (Å²) in [5.41, 5.74) is 0.341. The molecule has 4 rings (SSSR count). The molecule has 3 aromatic heterocycles. The molecule has 0 atom stereocenters. The van der Waals surface area contributed by atoms with E-state index in [0.29, 0.717) is 21.8 Å². The molecule has 0 radical (unpaired) electrons. The van der Waals surface area contributed by atoms with Gasteiger partial charge in [0.25, 0.3) is 0 Å². The molecule has 6 nitrogen and oxygen atoms in total. The molecule has 1 aliphatic heterocycles. The van der Waals surface area contributed by atoms with Gasteiger partial charge in [-0.05, 0) is 23.8 Å². The lowest BCUT2D eigenvalue weighted by Gasteiger charge is -2.15. The average molecular weight is 431 g/mol. The van der Waals surface area contributed by atoms with Crippen LogP contribution in [-0.4, -0.2) is 28.8 Å². The van der Waals surface area contributed by atoms with Crippen molar-refractivity contribution in [3.63, 3.8) is 0 Å². The van der Waals surface area contributed by atoms with Crippen LogP contribution in [0.5, 0.6) is 0 Å². The van der Waals surface area contributed by atoms with E-state index in [1.807, 2.05) is 0 Å². The van der Waals surface area contributed by atoms with Gasteiger partial charge >= 0.3 is 6.18 Å². The van der Waals surface area contributed by atoms with Gasteiger partial charge in [-0.15, -0.1) is 5.10 Å². The molecule has 0 saturated heterocycles. The molecule has 0 spiro atoms. The number of alkyl halides is 3. The van der Waals surface area contributed by atoms with E-state index < -0.39 is 21.6 Å². The van der Waals surface area contributed by atoms with Gasteiger partial charge in [0, 0.05) is 24.0 Å². The Morgan fingerprint density at radius 3 is 2.68 bits per heavy atom. The monoisotopic (exact) mass is 430 g/mol. The fourth-order valence-corrected chi connectivity index (χ4v) is 4.57. The summed E-state index contributed by atoms with van der Waals surface area (Å²) in [6.45, 7) is 1.76. The number of halogens is 4. The number of fused-ring (bicyclic) bond motifs is 2. The van der Waals surface area contributed by atoms with Crippen LogP contribution in [0, 0.1) is 0 Å². The Hall–Kier alpha value is -2.33. The minimum Gasteiger partial charge on any atom is -0.344 e. The first kappa shape index (κ1) is 19.0. The van der Waals surface area contributed by atoms with Crippen LogP contribution in [0.4, 0.5) is 19.0 Å². The highest BCUT2D eigenvalue weighted by Gasteiger charge is 2.35. The highest BCUT2D eigenvalue weighted by molar-refractivity contribution is 7.91. The first-order valence-corrected chi connectivity index (χ1v) is 10.3. The Balaban J connectivity index is 1.83. The quantitative estimate of drug-likeness (QED) is 0.633. The van der Waals surface area contributed by atoms with Gasteiger partial charge in [-0.2, -0.15) is 13.2 Å². The van der Waals surface area contributed by atoms with Crippen LogP contribution in [0.15, 0.2) is 35.5 Å². The molecule has 1 aliphatic rings. The normalized spacial score (nSPS) is 14.7. The lowest BCUT2D eigenvalue weighted by atomic mass is 10.1. The van der Waals surface area contributed by atoms with E-state index >= 15 is 0 Å². The number of rotatable bonds is 3. The van der Waals surface area contributed by atoms with Gasteiger partial charge in [0.2, 0.25) is 0 Å². The molecule has 11 heteroatoms. The third-order valence-corrected chi connectivity index (χ3v) is 6.62. The molecule has 28 heavy (non-hydrogen) atoms. The smallest absolute Gasteiger partial charge is 0.344 e. The van der Waals surface area contributed by atoms with E-state index in [0.717, 1.165) is 12.3 Å². The van der Waals surface area contributed by atoms with Crippen LogP contribution in [0.25, 0.3) is 5.52 Å².